The standard InChI is InChI=1S/C10H17NO4S/c1-3-4-9(12)5-6-10(13)11-7-8-16(2,14)15/h3-4H,5-8H2,1-2H3,(H,11,13)/b4-3+. The molecule has 0 saturated heterocycles. The van der Waals surface area contributed by atoms with Crippen molar-refractivity contribution in [1.82, 2.24) is 5.32 Å². The van der Waals surface area contributed by atoms with Crippen LogP contribution in [0.3, 0.4) is 0 Å². The normalized spacial score (nSPS) is 11.6. The first kappa shape index (κ1) is 14.8. The van der Waals surface area contributed by atoms with E-state index in [9.17, 15) is 18.0 Å². The van der Waals surface area contributed by atoms with E-state index in [2.05, 4.69) is 5.32 Å². The van der Waals surface area contributed by atoms with Gasteiger partial charge in [0, 0.05) is 25.6 Å². The number of hydrogen-bond donors (Lipinski definition) is 1. The van der Waals surface area contributed by atoms with E-state index in [-0.39, 0.29) is 36.8 Å². The van der Waals surface area contributed by atoms with Gasteiger partial charge in [-0.1, -0.05) is 6.08 Å². The van der Waals surface area contributed by atoms with Gasteiger partial charge < -0.3 is 5.32 Å². The molecule has 0 unspecified atom stereocenters. The number of sulfone groups is 1. The average molecular weight is 247 g/mol. The van der Waals surface area contributed by atoms with Crippen LogP contribution in [0.4, 0.5) is 0 Å². The van der Waals surface area contributed by atoms with Crippen molar-refractivity contribution in [1.29, 1.82) is 0 Å². The Morgan fingerprint density at radius 1 is 1.25 bits per heavy atom. The van der Waals surface area contributed by atoms with Crippen LogP contribution in [-0.4, -0.2) is 38.7 Å². The molecule has 92 valence electrons. The highest BCUT2D eigenvalue weighted by Crippen LogP contribution is 1.92. The fourth-order valence-electron chi connectivity index (χ4n) is 0.970. The average Bonchev–Trinajstić information content (AvgIpc) is 2.13. The molecule has 0 aromatic rings. The highest BCUT2D eigenvalue weighted by atomic mass is 32.2. The van der Waals surface area contributed by atoms with E-state index < -0.39 is 9.84 Å². The Morgan fingerprint density at radius 2 is 1.88 bits per heavy atom. The maximum atomic E-state index is 11.2. The summed E-state index contributed by atoms with van der Waals surface area (Å²) in [5.41, 5.74) is 0. The summed E-state index contributed by atoms with van der Waals surface area (Å²) in [4.78, 5) is 22.2. The molecule has 0 radical (unpaired) electrons. The lowest BCUT2D eigenvalue weighted by molar-refractivity contribution is -0.123. The van der Waals surface area contributed by atoms with Crippen LogP contribution in [0, 0.1) is 0 Å². The van der Waals surface area contributed by atoms with Crippen molar-refractivity contribution in [2.75, 3.05) is 18.6 Å². The minimum absolute atomic E-state index is 0.0818. The number of rotatable bonds is 7. The second kappa shape index (κ2) is 7.16. The monoisotopic (exact) mass is 247 g/mol. The molecule has 0 aliphatic heterocycles. The predicted molar refractivity (Wildman–Crippen MR) is 61.8 cm³/mol. The summed E-state index contributed by atoms with van der Waals surface area (Å²) in [6.45, 7) is 1.82. The smallest absolute Gasteiger partial charge is 0.220 e. The molecule has 0 rings (SSSR count). The molecule has 0 fully saturated rings. The number of carbonyl (C=O) groups excluding carboxylic acids is 2. The van der Waals surface area contributed by atoms with Gasteiger partial charge in [-0.15, -0.1) is 0 Å². The van der Waals surface area contributed by atoms with E-state index in [0.717, 1.165) is 6.26 Å². The predicted octanol–water partition coefficient (Wildman–Crippen LogP) is 0.0726. The molecule has 0 heterocycles. The molecule has 0 aliphatic carbocycles. The Labute approximate surface area is 95.8 Å². The molecule has 6 heteroatoms. The second-order valence-electron chi connectivity index (χ2n) is 3.45. The van der Waals surface area contributed by atoms with Crippen molar-refractivity contribution in [2.45, 2.75) is 19.8 Å². The first-order chi connectivity index (χ1) is 7.35. The maximum Gasteiger partial charge on any atom is 0.220 e. The number of ketones is 1. The van der Waals surface area contributed by atoms with Gasteiger partial charge >= 0.3 is 0 Å². The number of hydrogen-bond acceptors (Lipinski definition) is 4. The third kappa shape index (κ3) is 9.39. The first-order valence-corrected chi connectivity index (χ1v) is 7.01. The van der Waals surface area contributed by atoms with Crippen molar-refractivity contribution < 1.29 is 18.0 Å². The zero-order chi connectivity index (χ0) is 12.6. The Balaban J connectivity index is 3.72. The molecule has 5 nitrogen and oxygen atoms in total. The van der Waals surface area contributed by atoms with Gasteiger partial charge in [0.25, 0.3) is 0 Å². The van der Waals surface area contributed by atoms with E-state index in [1.54, 1.807) is 13.0 Å². The van der Waals surface area contributed by atoms with Crippen molar-refractivity contribution in [3.05, 3.63) is 12.2 Å². The number of allylic oxidation sites excluding steroid dienone is 2. The lowest BCUT2D eigenvalue weighted by Crippen LogP contribution is -2.28. The van der Waals surface area contributed by atoms with Crippen LogP contribution in [0.5, 0.6) is 0 Å². The molecule has 0 spiro atoms. The minimum atomic E-state index is -3.05. The van der Waals surface area contributed by atoms with Crippen LogP contribution in [0.25, 0.3) is 0 Å². The van der Waals surface area contributed by atoms with Crippen LogP contribution >= 0.6 is 0 Å². The summed E-state index contributed by atoms with van der Waals surface area (Å²) in [6, 6.07) is 0. The number of carbonyl (C=O) groups is 2. The molecule has 1 amide bonds. The zero-order valence-electron chi connectivity index (χ0n) is 9.52. The zero-order valence-corrected chi connectivity index (χ0v) is 10.3. The summed E-state index contributed by atoms with van der Waals surface area (Å²) in [6.07, 6.45) is 4.37. The summed E-state index contributed by atoms with van der Waals surface area (Å²) in [5, 5.41) is 2.44. The van der Waals surface area contributed by atoms with E-state index in [0.29, 0.717) is 0 Å². The molecule has 1 N–H and O–H groups in total. The molecule has 0 saturated carbocycles. The van der Waals surface area contributed by atoms with Crippen molar-refractivity contribution in [3.63, 3.8) is 0 Å². The Hall–Kier alpha value is -1.17. The Morgan fingerprint density at radius 3 is 2.38 bits per heavy atom. The highest BCUT2D eigenvalue weighted by molar-refractivity contribution is 7.90. The molecule has 0 bridgehead atoms. The van der Waals surface area contributed by atoms with Gasteiger partial charge in [0.2, 0.25) is 5.91 Å². The topological polar surface area (TPSA) is 80.3 Å². The third-order valence-electron chi connectivity index (χ3n) is 1.75. The van der Waals surface area contributed by atoms with Gasteiger partial charge in [-0.2, -0.15) is 0 Å². The largest absolute Gasteiger partial charge is 0.355 e. The lowest BCUT2D eigenvalue weighted by atomic mass is 10.2. The van der Waals surface area contributed by atoms with E-state index >= 15 is 0 Å². The SMILES string of the molecule is C/C=C/C(=O)CCC(=O)NCCS(C)(=O)=O. The van der Waals surface area contributed by atoms with Crippen LogP contribution in [0.2, 0.25) is 0 Å². The first-order valence-electron chi connectivity index (χ1n) is 4.95. The lowest BCUT2D eigenvalue weighted by Gasteiger charge is -2.02. The van der Waals surface area contributed by atoms with Gasteiger partial charge in [0.05, 0.1) is 5.75 Å². The molecular formula is C10H17NO4S. The fraction of sp³-hybridized carbons (Fsp3) is 0.600. The van der Waals surface area contributed by atoms with Crippen molar-refractivity contribution in [2.24, 2.45) is 0 Å². The summed E-state index contributed by atoms with van der Waals surface area (Å²) >= 11 is 0. The number of amides is 1. The van der Waals surface area contributed by atoms with Gasteiger partial charge in [0.15, 0.2) is 5.78 Å². The van der Waals surface area contributed by atoms with Gasteiger partial charge in [0.1, 0.15) is 9.84 Å². The van der Waals surface area contributed by atoms with Crippen molar-refractivity contribution in [3.8, 4) is 0 Å². The Kier molecular flexibility index (Phi) is 6.64. The molecule has 0 aromatic carbocycles. The van der Waals surface area contributed by atoms with Gasteiger partial charge in [-0.3, -0.25) is 9.59 Å². The van der Waals surface area contributed by atoms with E-state index in [1.807, 2.05) is 0 Å². The Bertz CT molecular complexity index is 370. The molecule has 0 aliphatic rings. The van der Waals surface area contributed by atoms with Crippen LogP contribution in [0.1, 0.15) is 19.8 Å². The van der Waals surface area contributed by atoms with Crippen LogP contribution in [0.15, 0.2) is 12.2 Å². The summed E-state index contributed by atoms with van der Waals surface area (Å²) in [7, 11) is -3.05. The molecule has 0 aromatic heterocycles. The second-order valence-corrected chi connectivity index (χ2v) is 5.71. The molecule has 0 atom stereocenters. The van der Waals surface area contributed by atoms with Gasteiger partial charge in [-0.25, -0.2) is 8.42 Å². The van der Waals surface area contributed by atoms with E-state index in [4.69, 9.17) is 0 Å². The van der Waals surface area contributed by atoms with E-state index in [1.165, 1.54) is 6.08 Å². The number of nitrogens with one attached hydrogen (secondary N) is 1. The van der Waals surface area contributed by atoms with Crippen LogP contribution < -0.4 is 5.32 Å². The molecule has 16 heavy (non-hydrogen) atoms. The summed E-state index contributed by atoms with van der Waals surface area (Å²) in [5.74, 6) is -0.496. The van der Waals surface area contributed by atoms with Crippen LogP contribution in [-0.2, 0) is 19.4 Å². The third-order valence-corrected chi connectivity index (χ3v) is 2.69. The fourth-order valence-corrected chi connectivity index (χ4v) is 1.44. The molecular weight excluding hydrogens is 230 g/mol. The summed E-state index contributed by atoms with van der Waals surface area (Å²) < 4.78 is 21.5. The van der Waals surface area contributed by atoms with Gasteiger partial charge in [-0.05, 0) is 13.0 Å². The quantitative estimate of drug-likeness (QED) is 0.646. The highest BCUT2D eigenvalue weighted by Gasteiger charge is 2.06. The maximum absolute atomic E-state index is 11.2. The minimum Gasteiger partial charge on any atom is -0.355 e. The van der Waals surface area contributed by atoms with Crippen molar-refractivity contribution >= 4 is 21.5 Å².